The summed E-state index contributed by atoms with van der Waals surface area (Å²) in [6.45, 7) is 2.64. The molecule has 1 aromatic rings. The average molecular weight is 365 g/mol. The van der Waals surface area contributed by atoms with Crippen LogP contribution < -0.4 is 5.32 Å². The fourth-order valence-corrected chi connectivity index (χ4v) is 4.65. The highest BCUT2D eigenvalue weighted by molar-refractivity contribution is 7.91. The lowest BCUT2D eigenvalue weighted by Gasteiger charge is -2.25. The van der Waals surface area contributed by atoms with Gasteiger partial charge >= 0.3 is 0 Å². The van der Waals surface area contributed by atoms with E-state index in [1.165, 1.54) is 0 Å². The number of carbonyl (C=O) groups is 1. The van der Waals surface area contributed by atoms with Crippen LogP contribution in [-0.4, -0.2) is 49.9 Å². The largest absolute Gasteiger partial charge is 0.324 e. The van der Waals surface area contributed by atoms with Crippen molar-refractivity contribution in [2.24, 2.45) is 0 Å². The maximum atomic E-state index is 12.2. The molecule has 0 saturated carbocycles. The lowest BCUT2D eigenvalue weighted by Crippen LogP contribution is -2.41. The second-order valence-electron chi connectivity index (χ2n) is 5.27. The first-order chi connectivity index (χ1) is 10.3. The van der Waals surface area contributed by atoms with Crippen molar-refractivity contribution in [2.75, 3.05) is 29.9 Å². The standard InChI is InChI=1S/C14H18Cl2N2O3S/c1-2-18(10-6-7-22(20,21)9-10)8-13(19)17-12-5-3-4-11(15)14(12)16/h3-5,10H,2,6-9H2,1H3,(H,17,19). The summed E-state index contributed by atoms with van der Waals surface area (Å²) in [5.74, 6) is 0.0670. The topological polar surface area (TPSA) is 66.5 Å². The third kappa shape index (κ3) is 4.35. The van der Waals surface area contributed by atoms with Gasteiger partial charge in [-0.3, -0.25) is 9.69 Å². The van der Waals surface area contributed by atoms with E-state index in [2.05, 4.69) is 5.32 Å². The smallest absolute Gasteiger partial charge is 0.238 e. The van der Waals surface area contributed by atoms with E-state index in [0.717, 1.165) is 0 Å². The summed E-state index contributed by atoms with van der Waals surface area (Å²) < 4.78 is 23.1. The molecule has 2 rings (SSSR count). The molecule has 1 heterocycles. The van der Waals surface area contributed by atoms with E-state index in [4.69, 9.17) is 23.2 Å². The number of rotatable bonds is 5. The number of hydrogen-bond donors (Lipinski definition) is 1. The van der Waals surface area contributed by atoms with Gasteiger partial charge < -0.3 is 5.32 Å². The van der Waals surface area contributed by atoms with Gasteiger partial charge in [0, 0.05) is 6.04 Å². The average Bonchev–Trinajstić information content (AvgIpc) is 2.81. The molecule has 0 aliphatic carbocycles. The van der Waals surface area contributed by atoms with Crippen LogP contribution in [0.4, 0.5) is 5.69 Å². The van der Waals surface area contributed by atoms with Crippen LogP contribution in [0.25, 0.3) is 0 Å². The summed E-state index contributed by atoms with van der Waals surface area (Å²) in [6, 6.07) is 4.91. The van der Waals surface area contributed by atoms with Crippen LogP contribution in [0.5, 0.6) is 0 Å². The number of anilines is 1. The van der Waals surface area contributed by atoms with E-state index in [-0.39, 0.29) is 30.0 Å². The summed E-state index contributed by atoms with van der Waals surface area (Å²) in [4.78, 5) is 14.0. The summed E-state index contributed by atoms with van der Waals surface area (Å²) >= 11 is 11.9. The summed E-state index contributed by atoms with van der Waals surface area (Å²) in [5, 5.41) is 3.38. The number of halogens is 2. The van der Waals surface area contributed by atoms with E-state index in [9.17, 15) is 13.2 Å². The quantitative estimate of drug-likeness (QED) is 0.871. The van der Waals surface area contributed by atoms with Gasteiger partial charge in [0.1, 0.15) is 0 Å². The van der Waals surface area contributed by atoms with Gasteiger partial charge in [-0.05, 0) is 25.1 Å². The van der Waals surface area contributed by atoms with Crippen molar-refractivity contribution >= 4 is 44.6 Å². The molecule has 1 unspecified atom stereocenters. The number of sulfone groups is 1. The van der Waals surface area contributed by atoms with E-state index in [1.807, 2.05) is 11.8 Å². The molecule has 1 atom stereocenters. The van der Waals surface area contributed by atoms with Crippen LogP contribution >= 0.6 is 23.2 Å². The molecule has 1 saturated heterocycles. The van der Waals surface area contributed by atoms with Crippen LogP contribution in [0.15, 0.2) is 18.2 Å². The first kappa shape index (κ1) is 17.5. The van der Waals surface area contributed by atoms with Crippen molar-refractivity contribution in [3.63, 3.8) is 0 Å². The number of likely N-dealkylation sites (N-methyl/N-ethyl adjacent to an activating group) is 1. The summed E-state index contributed by atoms with van der Waals surface area (Å²) in [6.07, 6.45) is 0.571. The zero-order valence-electron chi connectivity index (χ0n) is 12.2. The molecule has 5 nitrogen and oxygen atoms in total. The van der Waals surface area contributed by atoms with E-state index < -0.39 is 9.84 Å². The lowest BCUT2D eigenvalue weighted by molar-refractivity contribution is -0.117. The minimum Gasteiger partial charge on any atom is -0.324 e. The Hall–Kier alpha value is -0.820. The van der Waals surface area contributed by atoms with Crippen molar-refractivity contribution < 1.29 is 13.2 Å². The highest BCUT2D eigenvalue weighted by Crippen LogP contribution is 2.29. The van der Waals surface area contributed by atoms with Crippen LogP contribution in [0.3, 0.4) is 0 Å². The maximum absolute atomic E-state index is 12.2. The fraction of sp³-hybridized carbons (Fsp3) is 0.500. The molecule has 122 valence electrons. The monoisotopic (exact) mass is 364 g/mol. The normalized spacial score (nSPS) is 20.3. The van der Waals surface area contributed by atoms with Crippen molar-refractivity contribution in [2.45, 2.75) is 19.4 Å². The van der Waals surface area contributed by atoms with Crippen molar-refractivity contribution in [1.82, 2.24) is 4.90 Å². The Morgan fingerprint density at radius 3 is 2.73 bits per heavy atom. The summed E-state index contributed by atoms with van der Waals surface area (Å²) in [7, 11) is -2.97. The zero-order valence-corrected chi connectivity index (χ0v) is 14.5. The van der Waals surface area contributed by atoms with Gasteiger partial charge in [-0.25, -0.2) is 8.42 Å². The minimum absolute atomic E-state index is 0.101. The molecule has 1 amide bonds. The van der Waals surface area contributed by atoms with Gasteiger partial charge in [0.25, 0.3) is 0 Å². The predicted molar refractivity (Wildman–Crippen MR) is 89.4 cm³/mol. The molecule has 0 bridgehead atoms. The second-order valence-corrected chi connectivity index (χ2v) is 8.28. The third-order valence-corrected chi connectivity index (χ3v) is 6.27. The number of nitrogens with zero attached hydrogens (tertiary/aromatic N) is 1. The Balaban J connectivity index is 1.99. The molecular weight excluding hydrogens is 347 g/mol. The Labute approximate surface area is 140 Å². The first-order valence-corrected chi connectivity index (χ1v) is 9.58. The number of benzene rings is 1. The zero-order chi connectivity index (χ0) is 16.3. The lowest BCUT2D eigenvalue weighted by atomic mass is 10.2. The molecule has 8 heteroatoms. The minimum atomic E-state index is -2.97. The predicted octanol–water partition coefficient (Wildman–Crippen LogP) is 2.44. The number of hydrogen-bond acceptors (Lipinski definition) is 4. The highest BCUT2D eigenvalue weighted by atomic mass is 35.5. The Morgan fingerprint density at radius 1 is 1.41 bits per heavy atom. The SMILES string of the molecule is CCN(CC(=O)Nc1cccc(Cl)c1Cl)C1CCS(=O)(=O)C1. The number of carbonyl (C=O) groups excluding carboxylic acids is 1. The summed E-state index contributed by atoms with van der Waals surface area (Å²) in [5.41, 5.74) is 0.453. The third-order valence-electron chi connectivity index (χ3n) is 3.70. The molecule has 0 radical (unpaired) electrons. The van der Waals surface area contributed by atoms with Crippen molar-refractivity contribution in [3.05, 3.63) is 28.2 Å². The van der Waals surface area contributed by atoms with Gasteiger partial charge in [-0.1, -0.05) is 36.2 Å². The van der Waals surface area contributed by atoms with Gasteiger partial charge in [0.15, 0.2) is 9.84 Å². The van der Waals surface area contributed by atoms with E-state index in [0.29, 0.717) is 28.7 Å². The molecule has 1 aromatic carbocycles. The molecule has 22 heavy (non-hydrogen) atoms. The first-order valence-electron chi connectivity index (χ1n) is 7.00. The highest BCUT2D eigenvalue weighted by Gasteiger charge is 2.32. The maximum Gasteiger partial charge on any atom is 0.238 e. The van der Waals surface area contributed by atoms with Gasteiger partial charge in [0.05, 0.1) is 33.8 Å². The molecule has 0 aromatic heterocycles. The number of nitrogens with one attached hydrogen (secondary N) is 1. The van der Waals surface area contributed by atoms with Crippen LogP contribution in [0.2, 0.25) is 10.0 Å². The van der Waals surface area contributed by atoms with Gasteiger partial charge in [-0.2, -0.15) is 0 Å². The van der Waals surface area contributed by atoms with Gasteiger partial charge in [-0.15, -0.1) is 0 Å². The molecule has 1 fully saturated rings. The van der Waals surface area contributed by atoms with Crippen LogP contribution in [0.1, 0.15) is 13.3 Å². The Morgan fingerprint density at radius 2 is 2.14 bits per heavy atom. The second kappa shape index (κ2) is 7.17. The van der Waals surface area contributed by atoms with Gasteiger partial charge in [0.2, 0.25) is 5.91 Å². The Kier molecular flexibility index (Phi) is 5.71. The number of amides is 1. The molecular formula is C14H18Cl2N2O3S. The fourth-order valence-electron chi connectivity index (χ4n) is 2.54. The molecule has 0 spiro atoms. The van der Waals surface area contributed by atoms with Crippen molar-refractivity contribution in [1.29, 1.82) is 0 Å². The molecule has 1 aliphatic rings. The molecule has 1 N–H and O–H groups in total. The van der Waals surface area contributed by atoms with Crippen LogP contribution in [-0.2, 0) is 14.6 Å². The van der Waals surface area contributed by atoms with E-state index in [1.54, 1.807) is 18.2 Å². The van der Waals surface area contributed by atoms with Crippen LogP contribution in [0, 0.1) is 0 Å². The van der Waals surface area contributed by atoms with E-state index >= 15 is 0 Å². The van der Waals surface area contributed by atoms with Crippen molar-refractivity contribution in [3.8, 4) is 0 Å². The Bertz CT molecular complexity index is 664. The molecule has 1 aliphatic heterocycles.